The number of thioether (sulfide) groups is 1. The maximum Gasteiger partial charge on any atom is 0.237 e. The van der Waals surface area contributed by atoms with Crippen LogP contribution in [0.5, 0.6) is 0 Å². The summed E-state index contributed by atoms with van der Waals surface area (Å²) in [5.74, 6) is 2.41. The molecule has 2 fully saturated rings. The predicted octanol–water partition coefficient (Wildman–Crippen LogP) is 3.27. The number of amides is 1. The number of carbonyl (C=O) groups excluding carboxylic acids is 1. The molecule has 27 heavy (non-hydrogen) atoms. The molecule has 0 spiro atoms. The molecule has 2 aliphatic rings. The van der Waals surface area contributed by atoms with Crippen molar-refractivity contribution in [3.63, 3.8) is 0 Å². The van der Waals surface area contributed by atoms with Crippen LogP contribution in [-0.4, -0.2) is 53.5 Å². The summed E-state index contributed by atoms with van der Waals surface area (Å²) in [5, 5.41) is 3.20. The lowest BCUT2D eigenvalue weighted by atomic mass is 9.80. The molecular formula is C20H33Cl2N3OS. The maximum absolute atomic E-state index is 12.6. The van der Waals surface area contributed by atoms with Gasteiger partial charge in [0.1, 0.15) is 0 Å². The van der Waals surface area contributed by atoms with Crippen LogP contribution in [0.4, 0.5) is 0 Å². The monoisotopic (exact) mass is 433 g/mol. The lowest BCUT2D eigenvalue weighted by molar-refractivity contribution is -0.123. The Kier molecular flexibility index (Phi) is 11.1. The Morgan fingerprint density at radius 2 is 1.74 bits per heavy atom. The van der Waals surface area contributed by atoms with Gasteiger partial charge in [-0.1, -0.05) is 49.6 Å². The molecule has 3 rings (SSSR count). The van der Waals surface area contributed by atoms with Crippen molar-refractivity contribution in [2.75, 3.05) is 31.1 Å². The Labute approximate surface area is 180 Å². The quantitative estimate of drug-likeness (QED) is 0.722. The molecule has 1 aliphatic heterocycles. The summed E-state index contributed by atoms with van der Waals surface area (Å²) in [4.78, 5) is 15.2. The van der Waals surface area contributed by atoms with Gasteiger partial charge in [-0.05, 0) is 24.8 Å². The smallest absolute Gasteiger partial charge is 0.237 e. The van der Waals surface area contributed by atoms with Gasteiger partial charge in [0.25, 0.3) is 0 Å². The van der Waals surface area contributed by atoms with Crippen molar-refractivity contribution in [3.05, 3.63) is 35.9 Å². The second-order valence-electron chi connectivity index (χ2n) is 7.40. The van der Waals surface area contributed by atoms with Crippen molar-refractivity contribution in [2.24, 2.45) is 5.73 Å². The number of halogens is 2. The second kappa shape index (κ2) is 12.2. The third-order valence-corrected chi connectivity index (χ3v) is 6.64. The van der Waals surface area contributed by atoms with Crippen LogP contribution in [0.1, 0.15) is 37.7 Å². The van der Waals surface area contributed by atoms with Gasteiger partial charge < -0.3 is 11.1 Å². The van der Waals surface area contributed by atoms with Crippen molar-refractivity contribution in [2.45, 2.75) is 50.1 Å². The normalized spacial score (nSPS) is 20.6. The molecule has 0 aromatic heterocycles. The van der Waals surface area contributed by atoms with Crippen molar-refractivity contribution >= 4 is 42.5 Å². The number of rotatable bonds is 6. The van der Waals surface area contributed by atoms with Gasteiger partial charge in [0, 0.05) is 36.7 Å². The van der Waals surface area contributed by atoms with E-state index in [1.807, 2.05) is 42.1 Å². The average molecular weight is 434 g/mol. The Morgan fingerprint density at radius 1 is 1.11 bits per heavy atom. The van der Waals surface area contributed by atoms with E-state index >= 15 is 0 Å². The molecule has 1 aliphatic carbocycles. The topological polar surface area (TPSA) is 58.4 Å². The minimum absolute atomic E-state index is 0. The van der Waals surface area contributed by atoms with Gasteiger partial charge in [0.05, 0.1) is 6.04 Å². The van der Waals surface area contributed by atoms with Gasteiger partial charge >= 0.3 is 0 Å². The first-order valence-electron chi connectivity index (χ1n) is 9.60. The molecule has 1 unspecified atom stereocenters. The fourth-order valence-corrected chi connectivity index (χ4v) is 5.10. The zero-order valence-corrected chi connectivity index (χ0v) is 18.3. The van der Waals surface area contributed by atoms with Gasteiger partial charge in [0.2, 0.25) is 5.91 Å². The molecule has 1 saturated heterocycles. The highest BCUT2D eigenvalue weighted by atomic mass is 35.5. The highest BCUT2D eigenvalue weighted by molar-refractivity contribution is 7.99. The molecule has 1 aromatic carbocycles. The lowest BCUT2D eigenvalue weighted by Gasteiger charge is -2.48. The molecule has 1 saturated carbocycles. The molecule has 1 heterocycles. The molecule has 4 nitrogen and oxygen atoms in total. The molecule has 1 amide bonds. The van der Waals surface area contributed by atoms with Crippen LogP contribution in [-0.2, 0) is 11.2 Å². The Morgan fingerprint density at radius 3 is 2.37 bits per heavy atom. The van der Waals surface area contributed by atoms with E-state index in [1.165, 1.54) is 43.6 Å². The minimum atomic E-state index is -0.472. The van der Waals surface area contributed by atoms with Gasteiger partial charge in [-0.2, -0.15) is 11.8 Å². The predicted molar refractivity (Wildman–Crippen MR) is 120 cm³/mol. The molecule has 3 N–H and O–H groups in total. The average Bonchev–Trinajstić information content (AvgIpc) is 2.68. The molecule has 7 heteroatoms. The maximum atomic E-state index is 12.6. The standard InChI is InChI=1S/C20H31N3OS.2ClH/c21-18(15-17-7-3-1-4-8-17)19(24)22-16-20(9-5-2-6-10-20)23-11-13-25-14-12-23;;/h1,3-4,7-8,18H,2,5-6,9-16,21H2,(H,22,24);2*1H. The fraction of sp³-hybridized carbons (Fsp3) is 0.650. The Hall–Kier alpha value is -0.460. The Bertz CT molecular complexity index is 549. The number of carbonyl (C=O) groups is 1. The van der Waals surface area contributed by atoms with E-state index in [-0.39, 0.29) is 36.3 Å². The highest BCUT2D eigenvalue weighted by Crippen LogP contribution is 2.34. The largest absolute Gasteiger partial charge is 0.353 e. The van der Waals surface area contributed by atoms with E-state index < -0.39 is 6.04 Å². The van der Waals surface area contributed by atoms with Crippen molar-refractivity contribution in [1.29, 1.82) is 0 Å². The number of hydrogen-bond donors (Lipinski definition) is 2. The summed E-state index contributed by atoms with van der Waals surface area (Å²) in [6.45, 7) is 3.05. The molecule has 154 valence electrons. The fourth-order valence-electron chi connectivity index (χ4n) is 4.20. The van der Waals surface area contributed by atoms with Gasteiger partial charge in [-0.25, -0.2) is 0 Å². The van der Waals surface area contributed by atoms with Crippen molar-refractivity contribution in [3.8, 4) is 0 Å². The van der Waals surface area contributed by atoms with E-state index in [2.05, 4.69) is 10.2 Å². The number of nitrogens with one attached hydrogen (secondary N) is 1. The summed E-state index contributed by atoms with van der Waals surface area (Å²) >= 11 is 2.04. The van der Waals surface area contributed by atoms with Crippen LogP contribution < -0.4 is 11.1 Å². The molecular weight excluding hydrogens is 401 g/mol. The first-order chi connectivity index (χ1) is 12.2. The van der Waals surface area contributed by atoms with Crippen LogP contribution in [0.3, 0.4) is 0 Å². The van der Waals surface area contributed by atoms with Gasteiger partial charge in [0.15, 0.2) is 0 Å². The van der Waals surface area contributed by atoms with Crippen LogP contribution in [0.2, 0.25) is 0 Å². The minimum Gasteiger partial charge on any atom is -0.353 e. The lowest BCUT2D eigenvalue weighted by Crippen LogP contribution is -2.60. The molecule has 0 bridgehead atoms. The first-order valence-corrected chi connectivity index (χ1v) is 10.8. The van der Waals surface area contributed by atoms with E-state index in [0.717, 1.165) is 25.2 Å². The zero-order valence-electron chi connectivity index (χ0n) is 15.9. The SMILES string of the molecule is Cl.Cl.NC(Cc1ccccc1)C(=O)NCC1(N2CCSCC2)CCCCC1. The third kappa shape index (κ3) is 6.82. The van der Waals surface area contributed by atoms with Crippen molar-refractivity contribution in [1.82, 2.24) is 10.2 Å². The van der Waals surface area contributed by atoms with Crippen LogP contribution in [0, 0.1) is 0 Å². The number of nitrogens with zero attached hydrogens (tertiary/aromatic N) is 1. The van der Waals surface area contributed by atoms with Crippen LogP contribution >= 0.6 is 36.6 Å². The van der Waals surface area contributed by atoms with E-state index in [0.29, 0.717) is 6.42 Å². The second-order valence-corrected chi connectivity index (χ2v) is 8.62. The Balaban J connectivity index is 0.00000182. The summed E-state index contributed by atoms with van der Waals surface area (Å²) in [5.41, 5.74) is 7.43. The summed E-state index contributed by atoms with van der Waals surface area (Å²) in [7, 11) is 0. The van der Waals surface area contributed by atoms with E-state index in [9.17, 15) is 4.79 Å². The van der Waals surface area contributed by atoms with E-state index in [1.54, 1.807) is 0 Å². The van der Waals surface area contributed by atoms with Gasteiger partial charge in [-0.3, -0.25) is 9.69 Å². The summed E-state index contributed by atoms with van der Waals surface area (Å²) in [6, 6.07) is 9.55. The first kappa shape index (κ1) is 24.6. The summed E-state index contributed by atoms with van der Waals surface area (Å²) < 4.78 is 0. The van der Waals surface area contributed by atoms with E-state index in [4.69, 9.17) is 5.73 Å². The van der Waals surface area contributed by atoms with Crippen LogP contribution in [0.15, 0.2) is 30.3 Å². The number of hydrogen-bond acceptors (Lipinski definition) is 4. The van der Waals surface area contributed by atoms with Gasteiger partial charge in [-0.15, -0.1) is 24.8 Å². The summed E-state index contributed by atoms with van der Waals surface area (Å²) in [6.07, 6.45) is 6.87. The number of benzene rings is 1. The third-order valence-electron chi connectivity index (χ3n) is 5.69. The zero-order chi connectivity index (χ0) is 17.5. The van der Waals surface area contributed by atoms with Crippen LogP contribution in [0.25, 0.3) is 0 Å². The highest BCUT2D eigenvalue weighted by Gasteiger charge is 2.38. The van der Waals surface area contributed by atoms with Crippen molar-refractivity contribution < 1.29 is 4.79 Å². The molecule has 1 aromatic rings. The number of nitrogens with two attached hydrogens (primary N) is 1. The molecule has 0 radical (unpaired) electrons. The molecule has 1 atom stereocenters.